The largest absolute Gasteiger partial charge is 0.480 e. The topological polar surface area (TPSA) is 122 Å². The first-order chi connectivity index (χ1) is 23.4. The number of amides is 1. The molecule has 244 valence electrons. The Labute approximate surface area is 287 Å². The maximum Gasteiger partial charge on any atom is 0.262 e. The number of pyridine rings is 2. The van der Waals surface area contributed by atoms with E-state index in [4.69, 9.17) is 32.9 Å². The Bertz CT molecular complexity index is 2130. The van der Waals surface area contributed by atoms with Crippen molar-refractivity contribution < 1.29 is 9.53 Å². The number of aliphatic imine (C=N–C) groups is 1. The summed E-state index contributed by atoms with van der Waals surface area (Å²) in [6.07, 6.45) is 5.64. The zero-order chi connectivity index (χ0) is 33.2. The van der Waals surface area contributed by atoms with Crippen LogP contribution in [0.25, 0.3) is 39.2 Å². The number of carbonyl (C=O) groups is 1. The van der Waals surface area contributed by atoms with E-state index in [1.807, 2.05) is 60.7 Å². The van der Waals surface area contributed by atoms with Crippen LogP contribution in [0.15, 0.2) is 82.8 Å². The van der Waals surface area contributed by atoms with Crippen LogP contribution in [0.3, 0.4) is 0 Å². The Morgan fingerprint density at radius 1 is 0.979 bits per heavy atom. The van der Waals surface area contributed by atoms with Crippen LogP contribution in [-0.2, 0) is 11.3 Å². The van der Waals surface area contributed by atoms with Gasteiger partial charge in [0.05, 0.1) is 28.4 Å². The highest BCUT2D eigenvalue weighted by molar-refractivity contribution is 6.39. The first-order valence-electron chi connectivity index (χ1n) is 15.8. The summed E-state index contributed by atoms with van der Waals surface area (Å²) >= 11 is 14.2. The van der Waals surface area contributed by atoms with Gasteiger partial charge in [-0.15, -0.1) is 0 Å². The Kier molecular flexibility index (Phi) is 9.12. The van der Waals surface area contributed by atoms with E-state index in [2.05, 4.69) is 25.9 Å². The van der Waals surface area contributed by atoms with Crippen LogP contribution in [-0.4, -0.2) is 58.9 Å². The molecular weight excluding hydrogens is 649 g/mol. The number of hydrogen-bond acceptors (Lipinski definition) is 8. The molecule has 1 atom stereocenters. The Morgan fingerprint density at radius 2 is 1.75 bits per heavy atom. The molecule has 2 aliphatic rings. The summed E-state index contributed by atoms with van der Waals surface area (Å²) in [6, 6.07) is 19.2. The van der Waals surface area contributed by atoms with Crippen molar-refractivity contribution >= 4 is 40.6 Å². The number of hydrogen-bond donors (Lipinski definition) is 3. The van der Waals surface area contributed by atoms with Gasteiger partial charge in [0.15, 0.2) is 0 Å². The first kappa shape index (κ1) is 31.8. The van der Waals surface area contributed by atoms with Gasteiger partial charge in [-0.2, -0.15) is 0 Å². The number of amidine groups is 1. The van der Waals surface area contributed by atoms with Crippen LogP contribution < -0.4 is 26.2 Å². The molecule has 5 heterocycles. The summed E-state index contributed by atoms with van der Waals surface area (Å²) < 4.78 is 7.17. The second-order valence-electron chi connectivity index (χ2n) is 11.8. The van der Waals surface area contributed by atoms with E-state index in [0.717, 1.165) is 65.1 Å². The molecule has 7 rings (SSSR count). The molecule has 48 heavy (non-hydrogen) atoms. The molecule has 3 N–H and O–H groups in total. The molecular formula is C36H33Cl2N7O3. The summed E-state index contributed by atoms with van der Waals surface area (Å²) in [4.78, 5) is 38.6. The third kappa shape index (κ3) is 6.26. The number of halogens is 2. The first-order valence-corrected chi connectivity index (χ1v) is 16.6. The molecule has 0 radical (unpaired) electrons. The number of ether oxygens (including phenoxy) is 1. The lowest BCUT2D eigenvalue weighted by Gasteiger charge is -2.17. The fourth-order valence-electron chi connectivity index (χ4n) is 6.15. The molecule has 12 heteroatoms. The van der Waals surface area contributed by atoms with E-state index < -0.39 is 0 Å². The average Bonchev–Trinajstić information content (AvgIpc) is 3.54. The molecule has 0 bridgehead atoms. The maximum atomic E-state index is 13.2. The van der Waals surface area contributed by atoms with Crippen molar-refractivity contribution in [2.24, 2.45) is 4.99 Å². The van der Waals surface area contributed by atoms with Gasteiger partial charge in [0, 0.05) is 78.9 Å². The number of nitrogens with zero attached hydrogens (tertiary/aromatic N) is 4. The minimum atomic E-state index is -0.154. The van der Waals surface area contributed by atoms with Gasteiger partial charge >= 0.3 is 0 Å². The van der Waals surface area contributed by atoms with Crippen LogP contribution in [0.1, 0.15) is 30.4 Å². The van der Waals surface area contributed by atoms with Crippen molar-refractivity contribution in [2.45, 2.75) is 31.8 Å². The lowest BCUT2D eigenvalue weighted by atomic mass is 9.97. The fraction of sp³-hybridized carbons (Fsp3) is 0.250. The minimum absolute atomic E-state index is 0.0651. The molecule has 2 aliphatic heterocycles. The Hall–Kier alpha value is -4.77. The predicted octanol–water partition coefficient (Wildman–Crippen LogP) is 5.51. The van der Waals surface area contributed by atoms with E-state index in [0.29, 0.717) is 52.3 Å². The number of carbonyl (C=O) groups excluding carboxylic acids is 1. The van der Waals surface area contributed by atoms with Gasteiger partial charge in [-0.1, -0.05) is 59.6 Å². The number of methoxy groups -OCH3 is 1. The van der Waals surface area contributed by atoms with Crippen molar-refractivity contribution in [3.8, 4) is 39.4 Å². The summed E-state index contributed by atoms with van der Waals surface area (Å²) in [6.45, 7) is 2.57. The van der Waals surface area contributed by atoms with Crippen molar-refractivity contribution in [3.05, 3.63) is 105 Å². The van der Waals surface area contributed by atoms with E-state index in [9.17, 15) is 9.59 Å². The van der Waals surface area contributed by atoms with Gasteiger partial charge in [-0.3, -0.25) is 19.0 Å². The van der Waals surface area contributed by atoms with Crippen LogP contribution >= 0.6 is 23.2 Å². The molecule has 1 fully saturated rings. The fourth-order valence-corrected chi connectivity index (χ4v) is 6.81. The average molecular weight is 683 g/mol. The molecule has 0 spiro atoms. The lowest BCUT2D eigenvalue weighted by molar-refractivity contribution is -0.119. The molecule has 0 aliphatic carbocycles. The van der Waals surface area contributed by atoms with E-state index >= 15 is 0 Å². The molecule has 1 amide bonds. The van der Waals surface area contributed by atoms with Gasteiger partial charge in [-0.25, -0.2) is 9.97 Å². The number of nitrogens with one attached hydrogen (secondary N) is 3. The second-order valence-corrected chi connectivity index (χ2v) is 12.5. The molecule has 0 saturated carbocycles. The van der Waals surface area contributed by atoms with Crippen molar-refractivity contribution in [2.75, 3.05) is 26.7 Å². The highest BCUT2D eigenvalue weighted by Gasteiger charge is 2.21. The predicted molar refractivity (Wildman–Crippen MR) is 189 cm³/mol. The summed E-state index contributed by atoms with van der Waals surface area (Å²) in [7, 11) is 1.60. The second kappa shape index (κ2) is 13.8. The van der Waals surface area contributed by atoms with E-state index in [-0.39, 0.29) is 17.5 Å². The van der Waals surface area contributed by atoms with E-state index in [1.54, 1.807) is 19.5 Å². The number of rotatable bonds is 9. The van der Waals surface area contributed by atoms with Crippen LogP contribution in [0, 0.1) is 0 Å². The minimum Gasteiger partial charge on any atom is -0.480 e. The van der Waals surface area contributed by atoms with Gasteiger partial charge in [0.2, 0.25) is 11.8 Å². The number of benzene rings is 2. The highest BCUT2D eigenvalue weighted by Crippen LogP contribution is 2.42. The van der Waals surface area contributed by atoms with E-state index in [1.165, 1.54) is 4.40 Å². The molecule has 1 saturated heterocycles. The molecule has 10 nitrogen and oxygen atoms in total. The monoisotopic (exact) mass is 681 g/mol. The number of aromatic nitrogens is 3. The smallest absolute Gasteiger partial charge is 0.262 e. The quantitative estimate of drug-likeness (QED) is 0.187. The summed E-state index contributed by atoms with van der Waals surface area (Å²) in [5.74, 6) is 1.31. The van der Waals surface area contributed by atoms with Crippen LogP contribution in [0.2, 0.25) is 10.0 Å². The third-order valence-electron chi connectivity index (χ3n) is 8.65. The molecule has 3 aromatic heterocycles. The normalized spacial score (nSPS) is 16.0. The third-order valence-corrected chi connectivity index (χ3v) is 9.47. The standard InChI is InChI=1S/C36H33Cl2N7O3/c1-48-35-28(34-40-14-4-15-41-34)10-11-29(44-35)27-8-3-7-26(33(27)38)25-6-2-5-24(32(25)37)21-13-16-45-30(17-21)42-19-22(36(45)47)18-39-20-23-9-12-31(46)43-23/h2-3,5-8,10-11,13,16-17,19,23,39H,4,9,12,14-15,18,20H2,1H3,(H,40,41)(H,43,46)/t23-/m1/s1. The van der Waals surface area contributed by atoms with Gasteiger partial charge in [0.1, 0.15) is 11.5 Å². The summed E-state index contributed by atoms with van der Waals surface area (Å²) in [5, 5.41) is 10.5. The van der Waals surface area contributed by atoms with Crippen LogP contribution in [0.4, 0.5) is 0 Å². The number of fused-ring (bicyclic) bond motifs is 1. The zero-order valence-electron chi connectivity index (χ0n) is 26.2. The van der Waals surface area contributed by atoms with Crippen molar-refractivity contribution in [1.29, 1.82) is 0 Å². The Balaban J connectivity index is 1.16. The van der Waals surface area contributed by atoms with Gasteiger partial charge in [-0.05, 0) is 42.7 Å². The van der Waals surface area contributed by atoms with Crippen molar-refractivity contribution in [3.63, 3.8) is 0 Å². The van der Waals surface area contributed by atoms with Gasteiger partial charge in [0.25, 0.3) is 5.56 Å². The van der Waals surface area contributed by atoms with Gasteiger partial charge < -0.3 is 20.7 Å². The Morgan fingerprint density at radius 3 is 2.48 bits per heavy atom. The molecule has 2 aromatic carbocycles. The molecule has 5 aromatic rings. The molecule has 0 unspecified atom stereocenters. The van der Waals surface area contributed by atoms with Crippen LogP contribution in [0.5, 0.6) is 5.88 Å². The summed E-state index contributed by atoms with van der Waals surface area (Å²) in [5.41, 5.74) is 6.21. The highest BCUT2D eigenvalue weighted by atomic mass is 35.5. The maximum absolute atomic E-state index is 13.2. The lowest BCUT2D eigenvalue weighted by Crippen LogP contribution is -2.36. The van der Waals surface area contributed by atoms with Crippen molar-refractivity contribution in [1.82, 2.24) is 30.3 Å². The zero-order valence-corrected chi connectivity index (χ0v) is 27.7. The SMILES string of the molecule is COc1nc(-c2cccc(-c3cccc(-c4ccn5c(=O)c(CNC[C@H]6CCC(=O)N6)cnc5c4)c3Cl)c2Cl)ccc1C1=NCCCN1.